The van der Waals surface area contributed by atoms with Crippen LogP contribution in [-0.4, -0.2) is 36.6 Å². The van der Waals surface area contributed by atoms with Crippen LogP contribution in [0.3, 0.4) is 0 Å². The Morgan fingerprint density at radius 3 is 2.63 bits per heavy atom. The lowest BCUT2D eigenvalue weighted by atomic mass is 10.1. The molecule has 0 aliphatic rings. The van der Waals surface area contributed by atoms with Crippen molar-refractivity contribution in [2.45, 2.75) is 32.5 Å². The number of hydrogen-bond donors (Lipinski definition) is 1. The average molecular weight is 285 g/mol. The molecule has 19 heavy (non-hydrogen) atoms. The van der Waals surface area contributed by atoms with Crippen molar-refractivity contribution in [3.05, 3.63) is 34.9 Å². The quantitative estimate of drug-likeness (QED) is 0.870. The van der Waals surface area contributed by atoms with E-state index in [1.54, 1.807) is 4.90 Å². The maximum atomic E-state index is 12.3. The number of ether oxygens (including phenoxy) is 1. The van der Waals surface area contributed by atoms with E-state index >= 15 is 0 Å². The molecule has 106 valence electrons. The molecule has 1 amide bonds. The van der Waals surface area contributed by atoms with Crippen LogP contribution in [0, 0.1) is 0 Å². The predicted molar refractivity (Wildman–Crippen MR) is 77.0 cm³/mol. The van der Waals surface area contributed by atoms with E-state index in [2.05, 4.69) is 0 Å². The fourth-order valence-corrected chi connectivity index (χ4v) is 2.04. The van der Waals surface area contributed by atoms with Gasteiger partial charge in [0.15, 0.2) is 0 Å². The first-order valence-electron chi connectivity index (χ1n) is 6.27. The Morgan fingerprint density at radius 1 is 1.47 bits per heavy atom. The number of halogens is 1. The van der Waals surface area contributed by atoms with E-state index in [0.717, 1.165) is 5.56 Å². The summed E-state index contributed by atoms with van der Waals surface area (Å²) in [5.74, 6) is -0.0972. The molecule has 4 nitrogen and oxygen atoms in total. The lowest BCUT2D eigenvalue weighted by Crippen LogP contribution is -2.46. The summed E-state index contributed by atoms with van der Waals surface area (Å²) in [5.41, 5.74) is 6.53. The summed E-state index contributed by atoms with van der Waals surface area (Å²) in [7, 11) is 1.49. The summed E-state index contributed by atoms with van der Waals surface area (Å²) >= 11 is 5.96. The minimum Gasteiger partial charge on any atom is -0.370 e. The van der Waals surface area contributed by atoms with Crippen LogP contribution in [0.25, 0.3) is 0 Å². The first-order chi connectivity index (χ1) is 8.99. The van der Waals surface area contributed by atoms with Gasteiger partial charge in [-0.2, -0.15) is 0 Å². The minimum absolute atomic E-state index is 0.0654. The zero-order valence-electron chi connectivity index (χ0n) is 11.6. The second-order valence-corrected chi connectivity index (χ2v) is 5.09. The summed E-state index contributed by atoms with van der Waals surface area (Å²) in [6.45, 7) is 4.60. The van der Waals surface area contributed by atoms with Gasteiger partial charge in [-0.15, -0.1) is 0 Å². The SMILES string of the molecule is COC(CN)C(=O)N(Cc1cccc(Cl)c1)C(C)C. The molecule has 0 spiro atoms. The van der Waals surface area contributed by atoms with E-state index in [1.807, 2.05) is 38.1 Å². The maximum Gasteiger partial charge on any atom is 0.253 e. The molecule has 0 bridgehead atoms. The topological polar surface area (TPSA) is 55.6 Å². The Bertz CT molecular complexity index is 420. The van der Waals surface area contributed by atoms with Gasteiger partial charge in [0.05, 0.1) is 0 Å². The van der Waals surface area contributed by atoms with Crippen molar-refractivity contribution in [3.63, 3.8) is 0 Å². The summed E-state index contributed by atoms with van der Waals surface area (Å²) in [6, 6.07) is 7.55. The number of amides is 1. The number of benzene rings is 1. The van der Waals surface area contributed by atoms with Crippen LogP contribution in [0.5, 0.6) is 0 Å². The molecular formula is C14H21ClN2O2. The molecule has 0 aliphatic carbocycles. The number of nitrogens with zero attached hydrogens (tertiary/aromatic N) is 1. The Morgan fingerprint density at radius 2 is 2.16 bits per heavy atom. The first kappa shape index (κ1) is 16.0. The van der Waals surface area contributed by atoms with Crippen LogP contribution in [0.4, 0.5) is 0 Å². The predicted octanol–water partition coefficient (Wildman–Crippen LogP) is 2.05. The fourth-order valence-electron chi connectivity index (χ4n) is 1.83. The number of methoxy groups -OCH3 is 1. The Hall–Kier alpha value is -1.10. The van der Waals surface area contributed by atoms with Crippen molar-refractivity contribution < 1.29 is 9.53 Å². The highest BCUT2D eigenvalue weighted by Crippen LogP contribution is 2.15. The third-order valence-electron chi connectivity index (χ3n) is 2.92. The van der Waals surface area contributed by atoms with Gasteiger partial charge in [0.25, 0.3) is 5.91 Å². The van der Waals surface area contributed by atoms with Gasteiger partial charge in [0, 0.05) is 31.3 Å². The molecule has 1 atom stereocenters. The van der Waals surface area contributed by atoms with Crippen molar-refractivity contribution >= 4 is 17.5 Å². The molecule has 2 N–H and O–H groups in total. The van der Waals surface area contributed by atoms with Crippen LogP contribution in [0.15, 0.2) is 24.3 Å². The largest absolute Gasteiger partial charge is 0.370 e. The zero-order chi connectivity index (χ0) is 14.4. The monoisotopic (exact) mass is 284 g/mol. The minimum atomic E-state index is -0.596. The third-order valence-corrected chi connectivity index (χ3v) is 3.16. The van der Waals surface area contributed by atoms with Crippen molar-refractivity contribution in [1.82, 2.24) is 4.90 Å². The average Bonchev–Trinajstić information content (AvgIpc) is 2.37. The van der Waals surface area contributed by atoms with Crippen molar-refractivity contribution in [2.24, 2.45) is 5.73 Å². The Balaban J connectivity index is 2.87. The van der Waals surface area contributed by atoms with Crippen molar-refractivity contribution in [3.8, 4) is 0 Å². The zero-order valence-corrected chi connectivity index (χ0v) is 12.4. The second-order valence-electron chi connectivity index (χ2n) is 4.65. The normalized spacial score (nSPS) is 12.5. The smallest absolute Gasteiger partial charge is 0.253 e. The molecule has 0 radical (unpaired) electrons. The summed E-state index contributed by atoms with van der Waals surface area (Å²) < 4.78 is 5.11. The van der Waals surface area contributed by atoms with Gasteiger partial charge in [0.2, 0.25) is 0 Å². The van der Waals surface area contributed by atoms with E-state index in [0.29, 0.717) is 11.6 Å². The number of carbonyl (C=O) groups is 1. The van der Waals surface area contributed by atoms with Gasteiger partial charge in [-0.3, -0.25) is 4.79 Å². The number of nitrogens with two attached hydrogens (primary N) is 1. The van der Waals surface area contributed by atoms with Crippen LogP contribution in [0.1, 0.15) is 19.4 Å². The molecule has 5 heteroatoms. The van der Waals surface area contributed by atoms with Gasteiger partial charge >= 0.3 is 0 Å². The molecule has 0 saturated heterocycles. The van der Waals surface area contributed by atoms with E-state index in [-0.39, 0.29) is 18.5 Å². The summed E-state index contributed by atoms with van der Waals surface area (Å²) in [5, 5.41) is 0.663. The molecule has 0 fully saturated rings. The van der Waals surface area contributed by atoms with Gasteiger partial charge < -0.3 is 15.4 Å². The Labute approximate surface area is 119 Å². The molecular weight excluding hydrogens is 264 g/mol. The number of carbonyl (C=O) groups excluding carboxylic acids is 1. The molecule has 0 aliphatic heterocycles. The molecule has 1 aromatic rings. The summed E-state index contributed by atoms with van der Waals surface area (Å²) in [6.07, 6.45) is -0.596. The maximum absolute atomic E-state index is 12.3. The van der Waals surface area contributed by atoms with Gasteiger partial charge in [-0.25, -0.2) is 0 Å². The second kappa shape index (κ2) is 7.48. The van der Waals surface area contributed by atoms with E-state index < -0.39 is 6.10 Å². The first-order valence-corrected chi connectivity index (χ1v) is 6.65. The van der Waals surface area contributed by atoms with Crippen LogP contribution in [0.2, 0.25) is 5.02 Å². The van der Waals surface area contributed by atoms with Gasteiger partial charge in [-0.1, -0.05) is 23.7 Å². The molecule has 0 aromatic heterocycles. The highest BCUT2D eigenvalue weighted by atomic mass is 35.5. The van der Waals surface area contributed by atoms with Crippen LogP contribution in [-0.2, 0) is 16.1 Å². The standard InChI is InChI=1S/C14H21ClN2O2/c1-10(2)17(14(18)13(8-16)19-3)9-11-5-4-6-12(15)7-11/h4-7,10,13H,8-9,16H2,1-3H3. The molecule has 1 aromatic carbocycles. The molecule has 1 rings (SSSR count). The van der Waals surface area contributed by atoms with Crippen molar-refractivity contribution in [2.75, 3.05) is 13.7 Å². The lowest BCUT2D eigenvalue weighted by Gasteiger charge is -2.30. The highest BCUT2D eigenvalue weighted by molar-refractivity contribution is 6.30. The lowest BCUT2D eigenvalue weighted by molar-refractivity contribution is -0.143. The fraction of sp³-hybridized carbons (Fsp3) is 0.500. The van der Waals surface area contributed by atoms with Crippen LogP contribution >= 0.6 is 11.6 Å². The highest BCUT2D eigenvalue weighted by Gasteiger charge is 2.25. The van der Waals surface area contributed by atoms with E-state index in [9.17, 15) is 4.79 Å². The third kappa shape index (κ3) is 4.49. The Kier molecular flexibility index (Phi) is 6.28. The van der Waals surface area contributed by atoms with Crippen LogP contribution < -0.4 is 5.73 Å². The van der Waals surface area contributed by atoms with E-state index in [1.165, 1.54) is 7.11 Å². The number of hydrogen-bond acceptors (Lipinski definition) is 3. The number of rotatable bonds is 6. The molecule has 1 unspecified atom stereocenters. The van der Waals surface area contributed by atoms with Gasteiger partial charge in [-0.05, 0) is 31.5 Å². The molecule has 0 saturated carbocycles. The van der Waals surface area contributed by atoms with Gasteiger partial charge in [0.1, 0.15) is 6.10 Å². The molecule has 0 heterocycles. The van der Waals surface area contributed by atoms with E-state index in [4.69, 9.17) is 22.1 Å². The van der Waals surface area contributed by atoms with Crippen molar-refractivity contribution in [1.29, 1.82) is 0 Å². The summed E-state index contributed by atoms with van der Waals surface area (Å²) in [4.78, 5) is 14.1.